The summed E-state index contributed by atoms with van der Waals surface area (Å²) in [6.07, 6.45) is 0. The monoisotopic (exact) mass is 356 g/mol. The Morgan fingerprint density at radius 1 is 0.963 bits per heavy atom. The third kappa shape index (κ3) is 4.01. The number of ether oxygens (including phenoxy) is 1. The summed E-state index contributed by atoms with van der Waals surface area (Å²) in [5, 5.41) is 3.87. The van der Waals surface area contributed by atoms with E-state index in [1.165, 1.54) is 0 Å². The van der Waals surface area contributed by atoms with Crippen molar-refractivity contribution >= 4 is 22.5 Å². The SMILES string of the molecule is Cc1ccc(NC(=O)c2cc3ccc(OCc4ccccc4)cc3[nH]2)cc1. The molecule has 0 unspecified atom stereocenters. The van der Waals surface area contributed by atoms with Gasteiger partial charge in [0.1, 0.15) is 18.1 Å². The van der Waals surface area contributed by atoms with Gasteiger partial charge >= 0.3 is 0 Å². The van der Waals surface area contributed by atoms with Crippen LogP contribution in [-0.2, 0) is 6.61 Å². The van der Waals surface area contributed by atoms with E-state index in [9.17, 15) is 4.79 Å². The third-order valence-electron chi connectivity index (χ3n) is 4.40. The molecule has 27 heavy (non-hydrogen) atoms. The van der Waals surface area contributed by atoms with Crippen LogP contribution in [0.15, 0.2) is 78.9 Å². The second-order valence-corrected chi connectivity index (χ2v) is 6.53. The van der Waals surface area contributed by atoms with Crippen molar-refractivity contribution in [2.24, 2.45) is 0 Å². The number of aromatic amines is 1. The van der Waals surface area contributed by atoms with Gasteiger partial charge in [-0.1, -0.05) is 48.0 Å². The van der Waals surface area contributed by atoms with Crippen LogP contribution in [0, 0.1) is 6.92 Å². The van der Waals surface area contributed by atoms with Gasteiger partial charge in [0.2, 0.25) is 0 Å². The Morgan fingerprint density at radius 2 is 1.74 bits per heavy atom. The third-order valence-corrected chi connectivity index (χ3v) is 4.40. The van der Waals surface area contributed by atoms with E-state index in [2.05, 4.69) is 10.3 Å². The van der Waals surface area contributed by atoms with Crippen LogP contribution in [0.25, 0.3) is 10.9 Å². The van der Waals surface area contributed by atoms with Crippen LogP contribution in [0.3, 0.4) is 0 Å². The van der Waals surface area contributed by atoms with Crippen molar-refractivity contribution < 1.29 is 9.53 Å². The summed E-state index contributed by atoms with van der Waals surface area (Å²) in [6, 6.07) is 25.4. The number of carbonyl (C=O) groups excluding carboxylic acids is 1. The zero-order valence-electron chi connectivity index (χ0n) is 15.0. The predicted octanol–water partition coefficient (Wildman–Crippen LogP) is 5.31. The Hall–Kier alpha value is -3.53. The molecule has 4 nitrogen and oxygen atoms in total. The molecule has 1 heterocycles. The van der Waals surface area contributed by atoms with Gasteiger partial charge in [-0.2, -0.15) is 0 Å². The van der Waals surface area contributed by atoms with Crippen LogP contribution >= 0.6 is 0 Å². The first kappa shape index (κ1) is 16.9. The van der Waals surface area contributed by atoms with Gasteiger partial charge in [0.25, 0.3) is 5.91 Å². The van der Waals surface area contributed by atoms with Crippen LogP contribution in [0.4, 0.5) is 5.69 Å². The minimum atomic E-state index is -0.165. The fourth-order valence-electron chi connectivity index (χ4n) is 2.89. The molecule has 4 heteroatoms. The van der Waals surface area contributed by atoms with Gasteiger partial charge in [-0.3, -0.25) is 4.79 Å². The Bertz CT molecular complexity index is 1070. The Morgan fingerprint density at radius 3 is 2.52 bits per heavy atom. The number of anilines is 1. The number of hydrogen-bond acceptors (Lipinski definition) is 2. The smallest absolute Gasteiger partial charge is 0.272 e. The average Bonchev–Trinajstić information content (AvgIpc) is 3.12. The molecule has 4 rings (SSSR count). The highest BCUT2D eigenvalue weighted by Crippen LogP contribution is 2.23. The standard InChI is InChI=1S/C23H20N2O2/c1-16-7-10-19(11-8-16)24-23(26)22-13-18-9-12-20(14-21(18)25-22)27-15-17-5-3-2-4-6-17/h2-14,25H,15H2,1H3,(H,24,26). The molecular formula is C23H20N2O2. The number of rotatable bonds is 5. The zero-order chi connectivity index (χ0) is 18.6. The number of aryl methyl sites for hydroxylation is 1. The maximum absolute atomic E-state index is 12.5. The van der Waals surface area contributed by atoms with Crippen molar-refractivity contribution in [3.63, 3.8) is 0 Å². The van der Waals surface area contributed by atoms with E-state index < -0.39 is 0 Å². The molecule has 0 aliphatic carbocycles. The number of aromatic nitrogens is 1. The molecule has 3 aromatic carbocycles. The lowest BCUT2D eigenvalue weighted by atomic mass is 10.2. The van der Waals surface area contributed by atoms with Gasteiger partial charge in [0.15, 0.2) is 0 Å². The van der Waals surface area contributed by atoms with E-state index in [1.807, 2.05) is 85.8 Å². The maximum Gasteiger partial charge on any atom is 0.272 e. The van der Waals surface area contributed by atoms with Gasteiger partial charge in [0.05, 0.1) is 0 Å². The predicted molar refractivity (Wildman–Crippen MR) is 108 cm³/mol. The molecule has 1 amide bonds. The van der Waals surface area contributed by atoms with Gasteiger partial charge < -0.3 is 15.0 Å². The van der Waals surface area contributed by atoms with Crippen molar-refractivity contribution in [2.45, 2.75) is 13.5 Å². The molecule has 0 aliphatic heterocycles. The summed E-state index contributed by atoms with van der Waals surface area (Å²) in [5.41, 5.74) is 4.43. The molecule has 4 aromatic rings. The first-order valence-corrected chi connectivity index (χ1v) is 8.85. The van der Waals surface area contributed by atoms with Crippen molar-refractivity contribution in [1.82, 2.24) is 4.98 Å². The summed E-state index contributed by atoms with van der Waals surface area (Å²) in [5.74, 6) is 0.598. The van der Waals surface area contributed by atoms with Crippen LogP contribution in [-0.4, -0.2) is 10.9 Å². The molecule has 0 bridgehead atoms. The van der Waals surface area contributed by atoms with Crippen molar-refractivity contribution in [2.75, 3.05) is 5.32 Å². The number of benzene rings is 3. The lowest BCUT2D eigenvalue weighted by Crippen LogP contribution is -2.12. The summed E-state index contributed by atoms with van der Waals surface area (Å²) in [6.45, 7) is 2.52. The second-order valence-electron chi connectivity index (χ2n) is 6.53. The number of nitrogens with one attached hydrogen (secondary N) is 2. The lowest BCUT2D eigenvalue weighted by Gasteiger charge is -2.06. The van der Waals surface area contributed by atoms with E-state index in [1.54, 1.807) is 0 Å². The highest BCUT2D eigenvalue weighted by atomic mass is 16.5. The molecule has 134 valence electrons. The number of carbonyl (C=O) groups is 1. The first-order valence-electron chi connectivity index (χ1n) is 8.85. The average molecular weight is 356 g/mol. The highest BCUT2D eigenvalue weighted by Gasteiger charge is 2.10. The van der Waals surface area contributed by atoms with Crippen LogP contribution in [0.5, 0.6) is 5.75 Å². The quantitative estimate of drug-likeness (QED) is 0.509. The van der Waals surface area contributed by atoms with Gasteiger partial charge in [-0.25, -0.2) is 0 Å². The maximum atomic E-state index is 12.5. The normalized spacial score (nSPS) is 10.7. The number of H-pyrrole nitrogens is 1. The van der Waals surface area contributed by atoms with Gasteiger partial charge in [0, 0.05) is 22.7 Å². The van der Waals surface area contributed by atoms with Crippen LogP contribution in [0.1, 0.15) is 21.6 Å². The lowest BCUT2D eigenvalue weighted by molar-refractivity contribution is 0.102. The number of hydrogen-bond donors (Lipinski definition) is 2. The Balaban J connectivity index is 1.48. The van der Waals surface area contributed by atoms with E-state index in [0.29, 0.717) is 12.3 Å². The molecular weight excluding hydrogens is 336 g/mol. The fraction of sp³-hybridized carbons (Fsp3) is 0.0870. The minimum absolute atomic E-state index is 0.165. The summed E-state index contributed by atoms with van der Waals surface area (Å²) in [4.78, 5) is 15.7. The van der Waals surface area contributed by atoms with Gasteiger partial charge in [-0.05, 0) is 42.8 Å². The Labute approximate surface area is 157 Å². The fourth-order valence-corrected chi connectivity index (χ4v) is 2.89. The van der Waals surface area contributed by atoms with Crippen molar-refractivity contribution in [3.8, 4) is 5.75 Å². The minimum Gasteiger partial charge on any atom is -0.489 e. The molecule has 0 radical (unpaired) electrons. The van der Waals surface area contributed by atoms with E-state index in [4.69, 9.17) is 4.74 Å². The summed E-state index contributed by atoms with van der Waals surface area (Å²) in [7, 11) is 0. The molecule has 0 atom stereocenters. The largest absolute Gasteiger partial charge is 0.489 e. The molecule has 1 aromatic heterocycles. The van der Waals surface area contributed by atoms with Crippen LogP contribution < -0.4 is 10.1 Å². The molecule has 0 fully saturated rings. The zero-order valence-corrected chi connectivity index (χ0v) is 15.0. The van der Waals surface area contributed by atoms with E-state index in [0.717, 1.165) is 33.5 Å². The van der Waals surface area contributed by atoms with E-state index >= 15 is 0 Å². The van der Waals surface area contributed by atoms with Crippen LogP contribution in [0.2, 0.25) is 0 Å². The van der Waals surface area contributed by atoms with E-state index in [-0.39, 0.29) is 5.91 Å². The number of fused-ring (bicyclic) bond motifs is 1. The number of amides is 1. The second kappa shape index (κ2) is 7.38. The summed E-state index contributed by atoms with van der Waals surface area (Å²) >= 11 is 0. The van der Waals surface area contributed by atoms with Crippen molar-refractivity contribution in [3.05, 3.63) is 95.7 Å². The molecule has 0 spiro atoms. The topological polar surface area (TPSA) is 54.1 Å². The summed E-state index contributed by atoms with van der Waals surface area (Å²) < 4.78 is 5.86. The van der Waals surface area contributed by atoms with Gasteiger partial charge in [-0.15, -0.1) is 0 Å². The molecule has 0 saturated heterocycles. The molecule has 0 aliphatic rings. The molecule has 0 saturated carbocycles. The highest BCUT2D eigenvalue weighted by molar-refractivity contribution is 6.06. The first-order chi connectivity index (χ1) is 13.2. The van der Waals surface area contributed by atoms with Crippen molar-refractivity contribution in [1.29, 1.82) is 0 Å². The molecule has 2 N–H and O–H groups in total. The Kier molecular flexibility index (Phi) is 4.62.